The summed E-state index contributed by atoms with van der Waals surface area (Å²) in [5.41, 5.74) is 0. The number of hydrogen-bond acceptors (Lipinski definition) is 2. The van der Waals surface area contributed by atoms with Crippen molar-refractivity contribution >= 4 is 0 Å². The zero-order valence-corrected chi connectivity index (χ0v) is 10.4. The largest absolute Gasteiger partial charge is 0.309 e. The van der Waals surface area contributed by atoms with Crippen LogP contribution in [0.5, 0.6) is 0 Å². The first kappa shape index (κ1) is 13.9. The second-order valence-corrected chi connectivity index (χ2v) is 4.11. The molecule has 14 heavy (non-hydrogen) atoms. The van der Waals surface area contributed by atoms with Crippen LogP contribution in [0.15, 0.2) is 0 Å². The highest BCUT2D eigenvalue weighted by Gasteiger charge is 2.12. The molecule has 85 valence electrons. The molecule has 0 aliphatic rings. The van der Waals surface area contributed by atoms with Crippen LogP contribution in [-0.2, 0) is 0 Å². The maximum absolute atomic E-state index is 4.05. The lowest BCUT2D eigenvalue weighted by Gasteiger charge is -2.29. The summed E-state index contributed by atoms with van der Waals surface area (Å²) >= 11 is 0. The highest BCUT2D eigenvalue weighted by atomic mass is 15.1. The van der Waals surface area contributed by atoms with Gasteiger partial charge in [-0.15, -0.1) is 0 Å². The Balaban J connectivity index is 3.77. The summed E-state index contributed by atoms with van der Waals surface area (Å²) in [4.78, 5) is 4.77. The Morgan fingerprint density at radius 1 is 1.14 bits per heavy atom. The Morgan fingerprint density at radius 3 is 2.07 bits per heavy atom. The summed E-state index contributed by atoms with van der Waals surface area (Å²) in [6.07, 6.45) is 3.60. The number of rotatable bonds is 8. The van der Waals surface area contributed by atoms with Crippen LogP contribution in [0, 0.1) is 6.92 Å². The number of hydrogen-bond donors (Lipinski definition) is 0. The third kappa shape index (κ3) is 5.61. The fraction of sp³-hybridized carbons (Fsp3) is 0.917. The maximum atomic E-state index is 4.05. The summed E-state index contributed by atoms with van der Waals surface area (Å²) in [7, 11) is 4.27. The molecule has 0 aromatic rings. The van der Waals surface area contributed by atoms with Crippen LogP contribution in [0.3, 0.4) is 0 Å². The van der Waals surface area contributed by atoms with Gasteiger partial charge in [-0.25, -0.2) is 0 Å². The van der Waals surface area contributed by atoms with Gasteiger partial charge in [-0.3, -0.25) is 0 Å². The molecule has 0 N–H and O–H groups in total. The first-order valence-electron chi connectivity index (χ1n) is 5.83. The standard InChI is InChI=1S/C12H27N2/c1-6-12(14(7-2)8-3)10-9-11-13(4)5/h12H,1,6-11H2,2-5H3. The van der Waals surface area contributed by atoms with E-state index in [1.165, 1.54) is 19.4 Å². The van der Waals surface area contributed by atoms with E-state index in [1.54, 1.807) is 0 Å². The van der Waals surface area contributed by atoms with E-state index < -0.39 is 0 Å². The summed E-state index contributed by atoms with van der Waals surface area (Å²) in [5.74, 6) is 0. The van der Waals surface area contributed by atoms with E-state index in [0.29, 0.717) is 6.04 Å². The predicted molar refractivity (Wildman–Crippen MR) is 64.5 cm³/mol. The fourth-order valence-corrected chi connectivity index (χ4v) is 1.89. The minimum atomic E-state index is 0.685. The van der Waals surface area contributed by atoms with Gasteiger partial charge in [-0.2, -0.15) is 0 Å². The van der Waals surface area contributed by atoms with E-state index in [-0.39, 0.29) is 0 Å². The zero-order chi connectivity index (χ0) is 11.0. The lowest BCUT2D eigenvalue weighted by atomic mass is 10.1. The van der Waals surface area contributed by atoms with E-state index in [1.807, 2.05) is 0 Å². The lowest BCUT2D eigenvalue weighted by molar-refractivity contribution is 0.199. The third-order valence-electron chi connectivity index (χ3n) is 2.80. The molecule has 0 aliphatic carbocycles. The molecule has 1 atom stereocenters. The molecule has 0 bridgehead atoms. The van der Waals surface area contributed by atoms with Crippen LogP contribution in [0.1, 0.15) is 33.1 Å². The highest BCUT2D eigenvalue weighted by molar-refractivity contribution is 4.71. The maximum Gasteiger partial charge on any atom is 0.00954 e. The van der Waals surface area contributed by atoms with Crippen molar-refractivity contribution < 1.29 is 0 Å². The predicted octanol–water partition coefficient (Wildman–Crippen LogP) is 2.26. The smallest absolute Gasteiger partial charge is 0.00954 e. The van der Waals surface area contributed by atoms with Crippen LogP contribution < -0.4 is 0 Å². The first-order valence-corrected chi connectivity index (χ1v) is 5.83. The lowest BCUT2D eigenvalue weighted by Crippen LogP contribution is -2.35. The monoisotopic (exact) mass is 199 g/mol. The van der Waals surface area contributed by atoms with Crippen molar-refractivity contribution in [2.75, 3.05) is 33.7 Å². The van der Waals surface area contributed by atoms with E-state index >= 15 is 0 Å². The Bertz CT molecular complexity index is 119. The molecular weight excluding hydrogens is 172 g/mol. The Morgan fingerprint density at radius 2 is 1.71 bits per heavy atom. The molecule has 0 aliphatic heterocycles. The molecule has 0 heterocycles. The van der Waals surface area contributed by atoms with Crippen molar-refractivity contribution in [3.8, 4) is 0 Å². The van der Waals surface area contributed by atoms with Gasteiger partial charge in [0.1, 0.15) is 0 Å². The van der Waals surface area contributed by atoms with Crippen molar-refractivity contribution in [1.82, 2.24) is 9.80 Å². The second kappa shape index (κ2) is 8.25. The quantitative estimate of drug-likeness (QED) is 0.591. The zero-order valence-electron chi connectivity index (χ0n) is 10.4. The van der Waals surface area contributed by atoms with E-state index in [0.717, 1.165) is 19.5 Å². The second-order valence-electron chi connectivity index (χ2n) is 4.11. The van der Waals surface area contributed by atoms with Gasteiger partial charge in [0.25, 0.3) is 0 Å². The molecule has 1 radical (unpaired) electrons. The van der Waals surface area contributed by atoms with Crippen LogP contribution in [-0.4, -0.2) is 49.6 Å². The average molecular weight is 199 g/mol. The molecule has 0 spiro atoms. The van der Waals surface area contributed by atoms with Gasteiger partial charge in [0.05, 0.1) is 0 Å². The topological polar surface area (TPSA) is 6.48 Å². The van der Waals surface area contributed by atoms with Gasteiger partial charge in [0.15, 0.2) is 0 Å². The van der Waals surface area contributed by atoms with Gasteiger partial charge in [-0.05, 0) is 53.0 Å². The highest BCUT2D eigenvalue weighted by Crippen LogP contribution is 2.10. The van der Waals surface area contributed by atoms with Gasteiger partial charge in [0.2, 0.25) is 0 Å². The fourth-order valence-electron chi connectivity index (χ4n) is 1.89. The van der Waals surface area contributed by atoms with Crippen LogP contribution >= 0.6 is 0 Å². The van der Waals surface area contributed by atoms with Crippen molar-refractivity contribution in [3.05, 3.63) is 6.92 Å². The number of nitrogens with zero attached hydrogens (tertiary/aromatic N) is 2. The first-order chi connectivity index (χ1) is 6.65. The molecule has 0 amide bonds. The van der Waals surface area contributed by atoms with Gasteiger partial charge >= 0.3 is 0 Å². The van der Waals surface area contributed by atoms with Gasteiger partial charge < -0.3 is 9.80 Å². The molecule has 0 saturated carbocycles. The van der Waals surface area contributed by atoms with Gasteiger partial charge in [0, 0.05) is 6.04 Å². The van der Waals surface area contributed by atoms with Gasteiger partial charge in [-0.1, -0.05) is 20.8 Å². The molecule has 2 nitrogen and oxygen atoms in total. The molecule has 0 rings (SSSR count). The van der Waals surface area contributed by atoms with Crippen molar-refractivity contribution in [1.29, 1.82) is 0 Å². The minimum absolute atomic E-state index is 0.685. The average Bonchev–Trinajstić information content (AvgIpc) is 2.16. The normalized spacial score (nSPS) is 13.9. The van der Waals surface area contributed by atoms with Crippen molar-refractivity contribution in [2.24, 2.45) is 0 Å². The molecule has 1 unspecified atom stereocenters. The van der Waals surface area contributed by atoms with E-state index in [9.17, 15) is 0 Å². The third-order valence-corrected chi connectivity index (χ3v) is 2.80. The molecule has 0 fully saturated rings. The molecule has 2 heteroatoms. The van der Waals surface area contributed by atoms with E-state index in [2.05, 4.69) is 44.7 Å². The molecule has 0 aromatic carbocycles. The minimum Gasteiger partial charge on any atom is -0.309 e. The summed E-state index contributed by atoms with van der Waals surface area (Å²) < 4.78 is 0. The van der Waals surface area contributed by atoms with Crippen molar-refractivity contribution in [3.63, 3.8) is 0 Å². The summed E-state index contributed by atoms with van der Waals surface area (Å²) in [6, 6.07) is 0.685. The van der Waals surface area contributed by atoms with Crippen LogP contribution in [0.2, 0.25) is 0 Å². The Labute approximate surface area is 90.3 Å². The van der Waals surface area contributed by atoms with Crippen LogP contribution in [0.25, 0.3) is 0 Å². The van der Waals surface area contributed by atoms with E-state index in [4.69, 9.17) is 0 Å². The summed E-state index contributed by atoms with van der Waals surface area (Å²) in [6.45, 7) is 12.0. The SMILES string of the molecule is [CH2]CC(CCCN(C)C)N(CC)CC. The van der Waals surface area contributed by atoms with Crippen molar-refractivity contribution in [2.45, 2.75) is 39.2 Å². The summed E-state index contributed by atoms with van der Waals surface area (Å²) in [5, 5.41) is 0. The Hall–Kier alpha value is -0.0800. The Kier molecular flexibility index (Phi) is 8.20. The molecular formula is C12H27N2. The molecule has 0 aromatic heterocycles. The molecule has 0 saturated heterocycles. The van der Waals surface area contributed by atoms with Crippen LogP contribution in [0.4, 0.5) is 0 Å².